The highest BCUT2D eigenvalue weighted by molar-refractivity contribution is 7.91. The molecule has 0 atom stereocenters. The predicted octanol–water partition coefficient (Wildman–Crippen LogP) is 1.44. The van der Waals surface area contributed by atoms with E-state index in [1.54, 1.807) is 6.92 Å². The first-order valence-corrected chi connectivity index (χ1v) is 6.19. The number of nitrogens with zero attached hydrogens (tertiary/aromatic N) is 2. The Hall–Kier alpha value is -0.170. The van der Waals surface area contributed by atoms with Gasteiger partial charge >= 0.3 is 0 Å². The molecule has 0 bridgehead atoms. The Morgan fingerprint density at radius 1 is 1.69 bits per heavy atom. The molecule has 1 rings (SSSR count). The van der Waals surface area contributed by atoms with E-state index in [1.807, 2.05) is 0 Å². The molecule has 0 unspecified atom stereocenters. The Balaban J connectivity index is 3.08. The number of aromatic nitrogens is 1. The topological polar surface area (TPSA) is 50.3 Å². The molecule has 0 radical (unpaired) electrons. The van der Waals surface area contributed by atoms with Crippen molar-refractivity contribution in [3.63, 3.8) is 0 Å². The van der Waals surface area contributed by atoms with E-state index in [0.717, 1.165) is 11.3 Å². The number of hydrogen-bond donors (Lipinski definition) is 0. The van der Waals surface area contributed by atoms with Crippen molar-refractivity contribution in [3.05, 3.63) is 10.7 Å². The molecule has 7 heteroatoms. The van der Waals surface area contributed by atoms with Crippen molar-refractivity contribution in [2.45, 2.75) is 11.1 Å². The van der Waals surface area contributed by atoms with Crippen molar-refractivity contribution in [1.29, 1.82) is 0 Å². The Morgan fingerprint density at radius 2 is 2.31 bits per heavy atom. The van der Waals surface area contributed by atoms with Gasteiger partial charge in [-0.05, 0) is 0 Å². The van der Waals surface area contributed by atoms with Gasteiger partial charge in [0.25, 0.3) is 10.0 Å². The Bertz CT molecular complexity index is 387. The van der Waals surface area contributed by atoms with Gasteiger partial charge in [0.05, 0.1) is 6.20 Å². The molecule has 0 N–H and O–H groups in total. The first-order valence-electron chi connectivity index (χ1n) is 3.56. The largest absolute Gasteiger partial charge is 0.253 e. The van der Waals surface area contributed by atoms with E-state index in [4.69, 9.17) is 11.6 Å². The lowest BCUT2D eigenvalue weighted by Gasteiger charge is -2.11. The molecular weight excluding hydrogens is 232 g/mol. The Morgan fingerprint density at radius 3 is 2.69 bits per heavy atom. The minimum absolute atomic E-state index is 0.182. The molecule has 1 heterocycles. The quantitative estimate of drug-likeness (QED) is 0.803. The summed E-state index contributed by atoms with van der Waals surface area (Å²) in [6.07, 6.45) is 1.27. The van der Waals surface area contributed by atoms with Crippen molar-refractivity contribution in [3.8, 4) is 0 Å². The average Bonchev–Trinajstić information content (AvgIpc) is 2.50. The predicted molar refractivity (Wildman–Crippen MR) is 52.6 cm³/mol. The molecule has 0 aliphatic heterocycles. The van der Waals surface area contributed by atoms with E-state index >= 15 is 0 Å². The number of thiazole rings is 1. The summed E-state index contributed by atoms with van der Waals surface area (Å²) in [5.74, 6) is 0. The maximum absolute atomic E-state index is 11.6. The molecular formula is C6H9ClN2O2S2. The first kappa shape index (κ1) is 10.9. The van der Waals surface area contributed by atoms with Crippen LogP contribution in [0.2, 0.25) is 4.47 Å². The third-order valence-corrected chi connectivity index (χ3v) is 5.05. The molecule has 0 aliphatic rings. The molecule has 4 nitrogen and oxygen atoms in total. The molecule has 1 aromatic heterocycles. The lowest BCUT2D eigenvalue weighted by molar-refractivity contribution is 0.488. The third-order valence-electron chi connectivity index (χ3n) is 1.57. The smallest absolute Gasteiger partial charge is 0.232 e. The number of sulfonamides is 1. The zero-order chi connectivity index (χ0) is 10.1. The SMILES string of the molecule is CCN(C)S(=O)(=O)c1cnc(Cl)s1. The molecule has 13 heavy (non-hydrogen) atoms. The van der Waals surface area contributed by atoms with Crippen molar-refractivity contribution in [2.24, 2.45) is 0 Å². The lowest BCUT2D eigenvalue weighted by Crippen LogP contribution is -2.25. The van der Waals surface area contributed by atoms with Crippen LogP contribution in [0.15, 0.2) is 10.4 Å². The summed E-state index contributed by atoms with van der Waals surface area (Å²) in [6.45, 7) is 2.19. The summed E-state index contributed by atoms with van der Waals surface area (Å²) in [6, 6.07) is 0. The second kappa shape index (κ2) is 3.91. The standard InChI is InChI=1S/C6H9ClN2O2S2/c1-3-9(2)13(10,11)5-4-8-6(7)12-5/h4H,3H2,1-2H3. The summed E-state index contributed by atoms with van der Waals surface area (Å²) in [5.41, 5.74) is 0. The number of halogens is 1. The van der Waals surface area contributed by atoms with E-state index in [9.17, 15) is 8.42 Å². The fourth-order valence-corrected chi connectivity index (χ4v) is 3.37. The lowest BCUT2D eigenvalue weighted by atomic mass is 10.8. The van der Waals surface area contributed by atoms with Gasteiger partial charge in [0, 0.05) is 13.6 Å². The molecule has 1 aromatic rings. The van der Waals surface area contributed by atoms with Gasteiger partial charge in [-0.25, -0.2) is 17.7 Å². The van der Waals surface area contributed by atoms with Crippen LogP contribution in [0, 0.1) is 0 Å². The normalized spacial score (nSPS) is 12.3. The van der Waals surface area contributed by atoms with Gasteiger partial charge in [-0.2, -0.15) is 0 Å². The fraction of sp³-hybridized carbons (Fsp3) is 0.500. The number of rotatable bonds is 3. The van der Waals surface area contributed by atoms with Crippen LogP contribution in [0.1, 0.15) is 6.92 Å². The van der Waals surface area contributed by atoms with Crippen LogP contribution in [0.5, 0.6) is 0 Å². The van der Waals surface area contributed by atoms with Gasteiger partial charge in [0.15, 0.2) is 8.68 Å². The Labute approximate surface area is 86.2 Å². The zero-order valence-electron chi connectivity index (χ0n) is 7.19. The highest BCUT2D eigenvalue weighted by atomic mass is 35.5. The summed E-state index contributed by atoms with van der Waals surface area (Å²) >= 11 is 6.50. The maximum Gasteiger partial charge on any atom is 0.253 e. The first-order chi connectivity index (χ1) is 5.98. The molecule has 0 amide bonds. The highest BCUT2D eigenvalue weighted by Gasteiger charge is 2.21. The van der Waals surface area contributed by atoms with Gasteiger partial charge in [-0.15, -0.1) is 0 Å². The summed E-state index contributed by atoms with van der Waals surface area (Å²) < 4.78 is 24.9. The van der Waals surface area contributed by atoms with Crippen molar-refractivity contribution in [1.82, 2.24) is 9.29 Å². The second-order valence-corrected chi connectivity index (χ2v) is 6.24. The van der Waals surface area contributed by atoms with Gasteiger partial charge in [-0.1, -0.05) is 29.9 Å². The zero-order valence-corrected chi connectivity index (χ0v) is 9.58. The van der Waals surface area contributed by atoms with Gasteiger partial charge in [0.2, 0.25) is 0 Å². The molecule has 0 aromatic carbocycles. The molecule has 0 fully saturated rings. The van der Waals surface area contributed by atoms with E-state index in [2.05, 4.69) is 4.98 Å². The summed E-state index contributed by atoms with van der Waals surface area (Å²) in [7, 11) is -1.85. The molecule has 0 saturated heterocycles. The monoisotopic (exact) mass is 240 g/mol. The molecule has 0 aliphatic carbocycles. The van der Waals surface area contributed by atoms with Gasteiger partial charge < -0.3 is 0 Å². The van der Waals surface area contributed by atoms with Crippen molar-refractivity contribution < 1.29 is 8.42 Å². The van der Waals surface area contributed by atoms with Crippen LogP contribution < -0.4 is 0 Å². The number of hydrogen-bond acceptors (Lipinski definition) is 4. The van der Waals surface area contributed by atoms with Crippen LogP contribution in [0.3, 0.4) is 0 Å². The maximum atomic E-state index is 11.6. The molecule has 0 saturated carbocycles. The molecule has 0 spiro atoms. The Kier molecular flexibility index (Phi) is 3.28. The van der Waals surface area contributed by atoms with E-state index in [0.29, 0.717) is 6.54 Å². The van der Waals surface area contributed by atoms with Crippen molar-refractivity contribution >= 4 is 33.0 Å². The third kappa shape index (κ3) is 2.19. The summed E-state index contributed by atoms with van der Waals surface area (Å²) in [5, 5.41) is 0. The van der Waals surface area contributed by atoms with Gasteiger partial charge in [-0.3, -0.25) is 0 Å². The molecule has 74 valence electrons. The minimum Gasteiger partial charge on any atom is -0.232 e. The minimum atomic E-state index is -3.36. The van der Waals surface area contributed by atoms with Gasteiger partial charge in [0.1, 0.15) is 0 Å². The highest BCUT2D eigenvalue weighted by Crippen LogP contribution is 2.24. The van der Waals surface area contributed by atoms with E-state index in [1.165, 1.54) is 17.5 Å². The van der Waals surface area contributed by atoms with Crippen LogP contribution in [-0.4, -0.2) is 31.3 Å². The van der Waals surface area contributed by atoms with Crippen LogP contribution >= 0.6 is 22.9 Å². The van der Waals surface area contributed by atoms with E-state index in [-0.39, 0.29) is 8.68 Å². The average molecular weight is 241 g/mol. The fourth-order valence-electron chi connectivity index (χ4n) is 0.682. The van der Waals surface area contributed by atoms with Crippen LogP contribution in [0.4, 0.5) is 0 Å². The summed E-state index contributed by atoms with van der Waals surface area (Å²) in [4.78, 5) is 3.68. The van der Waals surface area contributed by atoms with Crippen LogP contribution in [0.25, 0.3) is 0 Å². The second-order valence-electron chi connectivity index (χ2n) is 2.35. The van der Waals surface area contributed by atoms with Crippen molar-refractivity contribution in [2.75, 3.05) is 13.6 Å². The van der Waals surface area contributed by atoms with E-state index < -0.39 is 10.0 Å². The van der Waals surface area contributed by atoms with Crippen LogP contribution in [-0.2, 0) is 10.0 Å².